The summed E-state index contributed by atoms with van der Waals surface area (Å²) in [6.07, 6.45) is 0.863. The van der Waals surface area contributed by atoms with Gasteiger partial charge in [0.05, 0.1) is 7.11 Å². The van der Waals surface area contributed by atoms with Crippen molar-refractivity contribution in [2.24, 2.45) is 0 Å². The van der Waals surface area contributed by atoms with Gasteiger partial charge in [0, 0.05) is 44.6 Å². The molecule has 7 nitrogen and oxygen atoms in total. The van der Waals surface area contributed by atoms with Gasteiger partial charge in [-0.3, -0.25) is 4.79 Å². The molecule has 24 heavy (non-hydrogen) atoms. The van der Waals surface area contributed by atoms with Crippen LogP contribution in [0.4, 0.5) is 0 Å². The van der Waals surface area contributed by atoms with E-state index in [0.29, 0.717) is 24.6 Å². The van der Waals surface area contributed by atoms with E-state index in [0.717, 1.165) is 37.5 Å². The summed E-state index contributed by atoms with van der Waals surface area (Å²) in [4.78, 5) is 16.4. The van der Waals surface area contributed by atoms with E-state index in [1.807, 2.05) is 29.2 Å². The van der Waals surface area contributed by atoms with E-state index < -0.39 is 0 Å². The molecule has 0 radical (unpaired) electrons. The molecule has 2 heterocycles. The lowest BCUT2D eigenvalue weighted by atomic mass is 10.2. The average Bonchev–Trinajstić information content (AvgIpc) is 3.09. The minimum atomic E-state index is 0.146. The van der Waals surface area contributed by atoms with E-state index in [-0.39, 0.29) is 5.91 Å². The van der Waals surface area contributed by atoms with Crippen LogP contribution < -0.4 is 4.74 Å². The number of aryl methyl sites for hydroxylation is 1. The third kappa shape index (κ3) is 3.91. The van der Waals surface area contributed by atoms with Gasteiger partial charge in [-0.05, 0) is 31.3 Å². The van der Waals surface area contributed by atoms with Gasteiger partial charge in [-0.2, -0.15) is 0 Å². The Balaban J connectivity index is 1.55. The van der Waals surface area contributed by atoms with Crippen molar-refractivity contribution < 1.29 is 13.9 Å². The zero-order chi connectivity index (χ0) is 16.9. The Morgan fingerprint density at radius 2 is 1.88 bits per heavy atom. The molecule has 1 amide bonds. The second-order valence-corrected chi connectivity index (χ2v) is 5.91. The smallest absolute Gasteiger partial charge is 0.247 e. The minimum Gasteiger partial charge on any atom is -0.497 e. The molecule has 128 valence electrons. The Labute approximate surface area is 141 Å². The van der Waals surface area contributed by atoms with Crippen molar-refractivity contribution in [1.29, 1.82) is 0 Å². The lowest BCUT2D eigenvalue weighted by molar-refractivity contribution is -0.132. The van der Waals surface area contributed by atoms with Gasteiger partial charge in [-0.15, -0.1) is 10.2 Å². The molecule has 0 atom stereocenters. The highest BCUT2D eigenvalue weighted by atomic mass is 16.5. The summed E-state index contributed by atoms with van der Waals surface area (Å²) in [7, 11) is 3.69. The van der Waals surface area contributed by atoms with Crippen molar-refractivity contribution >= 4 is 5.91 Å². The SMILES string of the molecule is COc1ccc(-c2nnc(CCC(=O)N3CCN(C)CC3)o2)cc1. The minimum absolute atomic E-state index is 0.146. The number of hydrogen-bond donors (Lipinski definition) is 0. The number of aromatic nitrogens is 2. The van der Waals surface area contributed by atoms with Crippen LogP contribution >= 0.6 is 0 Å². The van der Waals surface area contributed by atoms with E-state index in [1.165, 1.54) is 0 Å². The van der Waals surface area contributed by atoms with Gasteiger partial charge in [0.25, 0.3) is 0 Å². The Morgan fingerprint density at radius 3 is 2.54 bits per heavy atom. The second-order valence-electron chi connectivity index (χ2n) is 5.91. The van der Waals surface area contributed by atoms with E-state index in [4.69, 9.17) is 9.15 Å². The van der Waals surface area contributed by atoms with Crippen molar-refractivity contribution in [3.63, 3.8) is 0 Å². The summed E-state index contributed by atoms with van der Waals surface area (Å²) in [6.45, 7) is 3.42. The van der Waals surface area contributed by atoms with Crippen molar-refractivity contribution in [2.75, 3.05) is 40.3 Å². The molecule has 0 aliphatic carbocycles. The molecule has 7 heteroatoms. The molecule has 1 aromatic carbocycles. The fraction of sp³-hybridized carbons (Fsp3) is 0.471. The first-order valence-electron chi connectivity index (χ1n) is 8.09. The molecule has 3 rings (SSSR count). The summed E-state index contributed by atoms with van der Waals surface area (Å²) in [5.74, 6) is 1.87. The summed E-state index contributed by atoms with van der Waals surface area (Å²) in [5, 5.41) is 8.09. The molecular formula is C17H22N4O3. The first-order valence-corrected chi connectivity index (χ1v) is 8.09. The lowest BCUT2D eigenvalue weighted by Crippen LogP contribution is -2.47. The maximum Gasteiger partial charge on any atom is 0.247 e. The van der Waals surface area contributed by atoms with Crippen molar-refractivity contribution in [2.45, 2.75) is 12.8 Å². The molecule has 1 aliphatic rings. The van der Waals surface area contributed by atoms with Crippen molar-refractivity contribution in [1.82, 2.24) is 20.0 Å². The number of ether oxygens (including phenoxy) is 1. The number of likely N-dealkylation sites (N-methyl/N-ethyl adjacent to an activating group) is 1. The number of benzene rings is 1. The molecule has 1 fully saturated rings. The summed E-state index contributed by atoms with van der Waals surface area (Å²) in [6, 6.07) is 7.42. The van der Waals surface area contributed by atoms with Gasteiger partial charge < -0.3 is 19.0 Å². The molecule has 0 bridgehead atoms. The number of hydrogen-bond acceptors (Lipinski definition) is 6. The fourth-order valence-electron chi connectivity index (χ4n) is 2.63. The molecule has 1 aromatic heterocycles. The van der Waals surface area contributed by atoms with Gasteiger partial charge in [0.15, 0.2) is 0 Å². The Kier molecular flexibility index (Phi) is 5.10. The maximum atomic E-state index is 12.2. The van der Waals surface area contributed by atoms with Crippen LogP contribution in [0.25, 0.3) is 11.5 Å². The highest BCUT2D eigenvalue weighted by molar-refractivity contribution is 5.76. The molecule has 0 N–H and O–H groups in total. The highest BCUT2D eigenvalue weighted by Gasteiger charge is 2.19. The standard InChI is InChI=1S/C17H22N4O3/c1-20-9-11-21(12-10-20)16(22)8-7-15-18-19-17(24-15)13-3-5-14(23-2)6-4-13/h3-6H,7-12H2,1-2H3. The summed E-state index contributed by atoms with van der Waals surface area (Å²) >= 11 is 0. The van der Waals surface area contributed by atoms with E-state index in [9.17, 15) is 4.79 Å². The number of amides is 1. The summed E-state index contributed by atoms with van der Waals surface area (Å²) < 4.78 is 10.8. The number of methoxy groups -OCH3 is 1. The maximum absolute atomic E-state index is 12.2. The van der Waals surface area contributed by atoms with Crippen LogP contribution in [0.2, 0.25) is 0 Å². The normalized spacial score (nSPS) is 15.5. The second kappa shape index (κ2) is 7.44. The third-order valence-electron chi connectivity index (χ3n) is 4.21. The Bertz CT molecular complexity index is 675. The Hall–Kier alpha value is -2.41. The average molecular weight is 330 g/mol. The molecule has 2 aromatic rings. The number of nitrogens with zero attached hydrogens (tertiary/aromatic N) is 4. The summed E-state index contributed by atoms with van der Waals surface area (Å²) in [5.41, 5.74) is 0.833. The fourth-order valence-corrected chi connectivity index (χ4v) is 2.63. The van der Waals surface area contributed by atoms with E-state index >= 15 is 0 Å². The molecule has 0 spiro atoms. The molecular weight excluding hydrogens is 308 g/mol. The van der Waals surface area contributed by atoms with E-state index in [2.05, 4.69) is 22.1 Å². The monoisotopic (exact) mass is 330 g/mol. The van der Waals surface area contributed by atoms with Gasteiger partial charge in [-0.25, -0.2) is 0 Å². The van der Waals surface area contributed by atoms with Gasteiger partial charge >= 0.3 is 0 Å². The number of rotatable bonds is 5. The zero-order valence-electron chi connectivity index (χ0n) is 14.1. The first-order chi connectivity index (χ1) is 11.7. The third-order valence-corrected chi connectivity index (χ3v) is 4.21. The predicted octanol–water partition coefficient (Wildman–Crippen LogP) is 1.45. The van der Waals surface area contributed by atoms with Crippen LogP contribution in [0.15, 0.2) is 28.7 Å². The quantitative estimate of drug-likeness (QED) is 0.826. The van der Waals surface area contributed by atoms with Gasteiger partial charge in [-0.1, -0.05) is 0 Å². The number of carbonyl (C=O) groups excluding carboxylic acids is 1. The van der Waals surface area contributed by atoms with Crippen LogP contribution in [-0.2, 0) is 11.2 Å². The van der Waals surface area contributed by atoms with Crippen LogP contribution in [-0.4, -0.2) is 66.2 Å². The first kappa shape index (κ1) is 16.4. The van der Waals surface area contributed by atoms with Crippen molar-refractivity contribution in [3.8, 4) is 17.2 Å². The molecule has 0 unspecified atom stereocenters. The van der Waals surface area contributed by atoms with Gasteiger partial charge in [0.1, 0.15) is 5.75 Å². The lowest BCUT2D eigenvalue weighted by Gasteiger charge is -2.32. The number of piperazine rings is 1. The van der Waals surface area contributed by atoms with Crippen LogP contribution in [0.5, 0.6) is 5.75 Å². The van der Waals surface area contributed by atoms with E-state index in [1.54, 1.807) is 7.11 Å². The van der Waals surface area contributed by atoms with Crippen molar-refractivity contribution in [3.05, 3.63) is 30.2 Å². The predicted molar refractivity (Wildman–Crippen MR) is 88.7 cm³/mol. The zero-order valence-corrected chi connectivity index (χ0v) is 14.1. The van der Waals surface area contributed by atoms with Crippen LogP contribution in [0, 0.1) is 0 Å². The number of carbonyl (C=O) groups is 1. The van der Waals surface area contributed by atoms with Crippen LogP contribution in [0.3, 0.4) is 0 Å². The van der Waals surface area contributed by atoms with Crippen LogP contribution in [0.1, 0.15) is 12.3 Å². The topological polar surface area (TPSA) is 71.7 Å². The molecule has 1 aliphatic heterocycles. The molecule has 0 saturated carbocycles. The molecule has 1 saturated heterocycles. The Morgan fingerprint density at radius 1 is 1.17 bits per heavy atom. The van der Waals surface area contributed by atoms with Gasteiger partial charge in [0.2, 0.25) is 17.7 Å². The highest BCUT2D eigenvalue weighted by Crippen LogP contribution is 2.21. The largest absolute Gasteiger partial charge is 0.497 e.